The Labute approximate surface area is 187 Å². The second kappa shape index (κ2) is 11.3. The van der Waals surface area contributed by atoms with E-state index >= 15 is 0 Å². The first-order valence-electron chi connectivity index (χ1n) is 10.8. The summed E-state index contributed by atoms with van der Waals surface area (Å²) in [6.07, 6.45) is 3.05. The zero-order valence-corrected chi connectivity index (χ0v) is 18.0. The predicted octanol–water partition coefficient (Wildman–Crippen LogP) is 2.16. The van der Waals surface area contributed by atoms with Crippen molar-refractivity contribution >= 4 is 17.7 Å². The molecule has 8 nitrogen and oxygen atoms in total. The number of carboxylic acid groups (broad SMARTS) is 1. The number of rotatable bonds is 10. The van der Waals surface area contributed by atoms with Crippen LogP contribution in [-0.2, 0) is 11.2 Å². The third kappa shape index (κ3) is 7.09. The van der Waals surface area contributed by atoms with Crippen LogP contribution in [0, 0.1) is 11.3 Å². The van der Waals surface area contributed by atoms with Crippen LogP contribution in [0.1, 0.15) is 40.7 Å². The lowest BCUT2D eigenvalue weighted by Gasteiger charge is -2.22. The van der Waals surface area contributed by atoms with E-state index in [9.17, 15) is 14.7 Å². The topological polar surface area (TPSA) is 138 Å². The van der Waals surface area contributed by atoms with E-state index in [2.05, 4.69) is 10.6 Å². The molecule has 0 radical (unpaired) electrons. The van der Waals surface area contributed by atoms with E-state index in [1.165, 1.54) is 5.56 Å². The molecule has 3 rings (SSSR count). The van der Waals surface area contributed by atoms with Gasteiger partial charge >= 0.3 is 5.97 Å². The fourth-order valence-corrected chi connectivity index (χ4v) is 3.79. The van der Waals surface area contributed by atoms with Crippen LogP contribution in [0.3, 0.4) is 0 Å². The molecule has 1 atom stereocenters. The van der Waals surface area contributed by atoms with Gasteiger partial charge in [0.25, 0.3) is 5.91 Å². The highest BCUT2D eigenvalue weighted by atomic mass is 16.5. The zero-order chi connectivity index (χ0) is 22.9. The molecule has 0 spiro atoms. The monoisotopic (exact) mass is 438 g/mol. The maximum Gasteiger partial charge on any atom is 0.305 e. The van der Waals surface area contributed by atoms with Crippen molar-refractivity contribution < 1.29 is 19.4 Å². The number of nitrogen functional groups attached to an aromatic ring is 1. The fourth-order valence-electron chi connectivity index (χ4n) is 3.79. The van der Waals surface area contributed by atoms with Crippen LogP contribution >= 0.6 is 0 Å². The Morgan fingerprint density at radius 2 is 1.88 bits per heavy atom. The summed E-state index contributed by atoms with van der Waals surface area (Å²) in [5.41, 5.74) is 7.67. The van der Waals surface area contributed by atoms with Crippen molar-refractivity contribution in [2.75, 3.05) is 19.7 Å². The lowest BCUT2D eigenvalue weighted by atomic mass is 9.91. The summed E-state index contributed by atoms with van der Waals surface area (Å²) in [6.45, 7) is 2.08. The number of carboxylic acids is 1. The highest BCUT2D eigenvalue weighted by Crippen LogP contribution is 2.18. The summed E-state index contributed by atoms with van der Waals surface area (Å²) in [5, 5.41) is 22.8. The van der Waals surface area contributed by atoms with Gasteiger partial charge < -0.3 is 26.2 Å². The van der Waals surface area contributed by atoms with E-state index in [-0.39, 0.29) is 24.8 Å². The van der Waals surface area contributed by atoms with Crippen LogP contribution in [-0.4, -0.2) is 48.6 Å². The number of amides is 1. The minimum absolute atomic E-state index is 0.0206. The second-order valence-electron chi connectivity index (χ2n) is 8.12. The lowest BCUT2D eigenvalue weighted by molar-refractivity contribution is -0.137. The molecule has 0 unspecified atom stereocenters. The third-order valence-electron chi connectivity index (χ3n) is 5.55. The number of benzene rings is 2. The van der Waals surface area contributed by atoms with Gasteiger partial charge in [0.2, 0.25) is 0 Å². The van der Waals surface area contributed by atoms with Gasteiger partial charge in [-0.3, -0.25) is 15.0 Å². The van der Waals surface area contributed by atoms with Crippen molar-refractivity contribution in [1.29, 1.82) is 5.41 Å². The van der Waals surface area contributed by atoms with Crippen LogP contribution in [0.25, 0.3) is 0 Å². The number of carbonyl (C=O) groups excluding carboxylic acids is 1. The SMILES string of the molecule is N=C(N)c1cccc(OC[C@@H](CC(=O)O)NC(=O)c2ccc(CC3CCNCC3)cc2)c1. The minimum Gasteiger partial charge on any atom is -0.491 e. The first kappa shape index (κ1) is 23.3. The van der Waals surface area contributed by atoms with E-state index in [0.717, 1.165) is 32.4 Å². The summed E-state index contributed by atoms with van der Waals surface area (Å²) in [6, 6.07) is 13.4. The van der Waals surface area contributed by atoms with Gasteiger partial charge in [0.15, 0.2) is 0 Å². The van der Waals surface area contributed by atoms with Crippen LogP contribution < -0.4 is 21.1 Å². The Hall–Kier alpha value is -3.39. The number of nitrogens with two attached hydrogens (primary N) is 1. The molecule has 32 heavy (non-hydrogen) atoms. The molecular formula is C24H30N4O4. The number of aliphatic carboxylic acids is 1. The summed E-state index contributed by atoms with van der Waals surface area (Å²) in [4.78, 5) is 23.9. The summed E-state index contributed by atoms with van der Waals surface area (Å²) in [7, 11) is 0. The number of carbonyl (C=O) groups is 2. The van der Waals surface area contributed by atoms with Gasteiger partial charge in [0, 0.05) is 11.1 Å². The highest BCUT2D eigenvalue weighted by molar-refractivity contribution is 5.95. The molecule has 1 fully saturated rings. The van der Waals surface area contributed by atoms with E-state index < -0.39 is 12.0 Å². The maximum atomic E-state index is 12.7. The van der Waals surface area contributed by atoms with Gasteiger partial charge in [0.05, 0.1) is 12.5 Å². The minimum atomic E-state index is -1.03. The fraction of sp³-hybridized carbons (Fsp3) is 0.375. The molecule has 170 valence electrons. The van der Waals surface area contributed by atoms with E-state index in [4.69, 9.17) is 15.9 Å². The van der Waals surface area contributed by atoms with Gasteiger partial charge in [-0.2, -0.15) is 0 Å². The van der Waals surface area contributed by atoms with Gasteiger partial charge in [0.1, 0.15) is 18.2 Å². The van der Waals surface area contributed by atoms with Gasteiger partial charge in [-0.05, 0) is 68.1 Å². The molecule has 0 saturated carbocycles. The molecule has 0 bridgehead atoms. The molecule has 2 aromatic rings. The van der Waals surface area contributed by atoms with Crippen molar-refractivity contribution in [2.24, 2.45) is 11.7 Å². The quantitative estimate of drug-likeness (QED) is 0.285. The first-order chi connectivity index (χ1) is 15.4. The third-order valence-corrected chi connectivity index (χ3v) is 5.55. The highest BCUT2D eigenvalue weighted by Gasteiger charge is 2.19. The van der Waals surface area contributed by atoms with Crippen molar-refractivity contribution in [2.45, 2.75) is 31.7 Å². The number of hydrogen-bond donors (Lipinski definition) is 5. The molecule has 1 heterocycles. The smallest absolute Gasteiger partial charge is 0.305 e. The summed E-state index contributed by atoms with van der Waals surface area (Å²) < 4.78 is 5.66. The van der Waals surface area contributed by atoms with Crippen LogP contribution in [0.15, 0.2) is 48.5 Å². The van der Waals surface area contributed by atoms with Crippen molar-refractivity contribution in [3.8, 4) is 5.75 Å². The van der Waals surface area contributed by atoms with Crippen LogP contribution in [0.2, 0.25) is 0 Å². The van der Waals surface area contributed by atoms with Crippen molar-refractivity contribution in [3.63, 3.8) is 0 Å². The van der Waals surface area contributed by atoms with Gasteiger partial charge in [-0.15, -0.1) is 0 Å². The lowest BCUT2D eigenvalue weighted by Crippen LogP contribution is -2.40. The Balaban J connectivity index is 1.58. The predicted molar refractivity (Wildman–Crippen MR) is 122 cm³/mol. The molecule has 8 heteroatoms. The Bertz CT molecular complexity index is 939. The number of ether oxygens (including phenoxy) is 1. The van der Waals surface area contributed by atoms with E-state index in [1.807, 2.05) is 12.1 Å². The van der Waals surface area contributed by atoms with Crippen molar-refractivity contribution in [3.05, 3.63) is 65.2 Å². The Morgan fingerprint density at radius 3 is 2.53 bits per heavy atom. The number of amidine groups is 1. The molecule has 0 aliphatic carbocycles. The zero-order valence-electron chi connectivity index (χ0n) is 18.0. The van der Waals surface area contributed by atoms with Crippen molar-refractivity contribution in [1.82, 2.24) is 10.6 Å². The van der Waals surface area contributed by atoms with Crippen LogP contribution in [0.4, 0.5) is 0 Å². The molecule has 0 aromatic heterocycles. The van der Waals surface area contributed by atoms with E-state index in [1.54, 1.807) is 36.4 Å². The van der Waals surface area contributed by atoms with Gasteiger partial charge in [-0.1, -0.05) is 24.3 Å². The average molecular weight is 439 g/mol. The average Bonchev–Trinajstić information content (AvgIpc) is 2.78. The molecule has 1 amide bonds. The standard InChI is InChI=1S/C24H30N4O4/c25-23(26)19-2-1-3-21(13-19)32-15-20(14-22(29)30)28-24(31)18-6-4-16(5-7-18)12-17-8-10-27-11-9-17/h1-7,13,17,20,27H,8-12,14-15H2,(H3,25,26)(H,28,31)(H,29,30)/t20-/m1/s1. The molecule has 1 saturated heterocycles. The first-order valence-corrected chi connectivity index (χ1v) is 10.8. The molecule has 2 aromatic carbocycles. The van der Waals surface area contributed by atoms with E-state index in [0.29, 0.717) is 22.8 Å². The Morgan fingerprint density at radius 1 is 1.16 bits per heavy atom. The van der Waals surface area contributed by atoms with Crippen LogP contribution in [0.5, 0.6) is 5.75 Å². The number of nitrogens with one attached hydrogen (secondary N) is 3. The summed E-state index contributed by atoms with van der Waals surface area (Å²) >= 11 is 0. The normalized spacial score (nSPS) is 15.0. The van der Waals surface area contributed by atoms with Gasteiger partial charge in [-0.25, -0.2) is 0 Å². The molecule has 1 aliphatic heterocycles. The molecule has 1 aliphatic rings. The second-order valence-corrected chi connectivity index (χ2v) is 8.12. The number of piperidine rings is 1. The maximum absolute atomic E-state index is 12.7. The molecule has 6 N–H and O–H groups in total. The largest absolute Gasteiger partial charge is 0.491 e. The number of hydrogen-bond acceptors (Lipinski definition) is 5. The Kier molecular flexibility index (Phi) is 8.21. The molecular weight excluding hydrogens is 408 g/mol. The summed E-state index contributed by atoms with van der Waals surface area (Å²) in [5.74, 6) is -0.354.